The highest BCUT2D eigenvalue weighted by molar-refractivity contribution is 5.77. The van der Waals surface area contributed by atoms with Crippen molar-refractivity contribution in [2.75, 3.05) is 26.4 Å². The highest BCUT2D eigenvalue weighted by Crippen LogP contribution is 2.24. The first kappa shape index (κ1) is 18.0. The minimum atomic E-state index is -1.03. The van der Waals surface area contributed by atoms with Gasteiger partial charge in [0, 0.05) is 6.54 Å². The Morgan fingerprint density at radius 3 is 2.32 bits per heavy atom. The molecule has 0 spiro atoms. The van der Waals surface area contributed by atoms with Crippen molar-refractivity contribution in [3.05, 3.63) is 29.8 Å². The number of aliphatic carboxylic acids is 1. The summed E-state index contributed by atoms with van der Waals surface area (Å²) < 4.78 is 10.2. The third-order valence-corrected chi connectivity index (χ3v) is 2.88. The molecule has 0 fully saturated rings. The summed E-state index contributed by atoms with van der Waals surface area (Å²) in [4.78, 5) is 21.7. The molecule has 0 aliphatic heterocycles. The predicted molar refractivity (Wildman–Crippen MR) is 82.1 cm³/mol. The van der Waals surface area contributed by atoms with E-state index in [9.17, 15) is 9.59 Å². The molecule has 2 N–H and O–H groups in total. The molecule has 6 nitrogen and oxygen atoms in total. The van der Waals surface area contributed by atoms with Gasteiger partial charge >= 0.3 is 5.97 Å². The third kappa shape index (κ3) is 7.08. The smallest absolute Gasteiger partial charge is 0.329 e. The Bertz CT molecular complexity index is 490. The van der Waals surface area contributed by atoms with Crippen molar-refractivity contribution in [2.45, 2.75) is 26.2 Å². The average molecular weight is 309 g/mol. The van der Waals surface area contributed by atoms with Crippen LogP contribution in [0.2, 0.25) is 0 Å². The second kappa shape index (κ2) is 8.38. The number of hydrogen-bond acceptors (Lipinski definition) is 4. The SMILES string of the molecule is CC(C)(C)c1ccc(OCC(=O)NCCOCC(=O)O)cc1. The lowest BCUT2D eigenvalue weighted by Gasteiger charge is -2.19. The van der Waals surface area contributed by atoms with E-state index in [2.05, 4.69) is 26.1 Å². The first-order valence-corrected chi connectivity index (χ1v) is 7.08. The van der Waals surface area contributed by atoms with Crippen molar-refractivity contribution >= 4 is 11.9 Å². The summed E-state index contributed by atoms with van der Waals surface area (Å²) in [7, 11) is 0. The maximum absolute atomic E-state index is 11.5. The van der Waals surface area contributed by atoms with Gasteiger partial charge in [0.25, 0.3) is 5.91 Å². The molecule has 22 heavy (non-hydrogen) atoms. The maximum Gasteiger partial charge on any atom is 0.329 e. The van der Waals surface area contributed by atoms with E-state index >= 15 is 0 Å². The van der Waals surface area contributed by atoms with E-state index in [1.165, 1.54) is 5.56 Å². The van der Waals surface area contributed by atoms with Crippen molar-refractivity contribution in [3.8, 4) is 5.75 Å². The van der Waals surface area contributed by atoms with Crippen LogP contribution in [-0.2, 0) is 19.7 Å². The van der Waals surface area contributed by atoms with Gasteiger partial charge in [-0.3, -0.25) is 4.79 Å². The van der Waals surface area contributed by atoms with E-state index in [0.29, 0.717) is 5.75 Å². The van der Waals surface area contributed by atoms with E-state index in [1.54, 1.807) is 0 Å². The highest BCUT2D eigenvalue weighted by Gasteiger charge is 2.13. The zero-order valence-corrected chi connectivity index (χ0v) is 13.2. The van der Waals surface area contributed by atoms with E-state index < -0.39 is 5.97 Å². The number of carboxylic acid groups (broad SMARTS) is 1. The van der Waals surface area contributed by atoms with Crippen LogP contribution in [0.25, 0.3) is 0 Å². The van der Waals surface area contributed by atoms with Gasteiger partial charge in [-0.05, 0) is 23.1 Å². The molecule has 1 aromatic carbocycles. The molecule has 0 saturated heterocycles. The van der Waals surface area contributed by atoms with Crippen molar-refractivity contribution in [2.24, 2.45) is 0 Å². The fourth-order valence-electron chi connectivity index (χ4n) is 1.67. The van der Waals surface area contributed by atoms with E-state index in [0.717, 1.165) is 0 Å². The Labute approximate surface area is 130 Å². The molecule has 0 atom stereocenters. The lowest BCUT2D eigenvalue weighted by Crippen LogP contribution is -2.32. The number of ether oxygens (including phenoxy) is 2. The van der Waals surface area contributed by atoms with Crippen LogP contribution in [0.15, 0.2) is 24.3 Å². The Morgan fingerprint density at radius 1 is 1.14 bits per heavy atom. The van der Waals surface area contributed by atoms with Crippen LogP contribution in [0.5, 0.6) is 5.75 Å². The van der Waals surface area contributed by atoms with E-state index in [1.807, 2.05) is 24.3 Å². The fourth-order valence-corrected chi connectivity index (χ4v) is 1.67. The molecule has 1 rings (SSSR count). The summed E-state index contributed by atoms with van der Waals surface area (Å²) >= 11 is 0. The van der Waals surface area contributed by atoms with Crippen LogP contribution in [0, 0.1) is 0 Å². The van der Waals surface area contributed by atoms with Gasteiger partial charge in [0.05, 0.1) is 6.61 Å². The predicted octanol–water partition coefficient (Wildman–Crippen LogP) is 1.58. The molecule has 0 aliphatic carbocycles. The number of nitrogens with one attached hydrogen (secondary N) is 1. The van der Waals surface area contributed by atoms with Crippen LogP contribution < -0.4 is 10.1 Å². The number of carbonyl (C=O) groups excluding carboxylic acids is 1. The highest BCUT2D eigenvalue weighted by atomic mass is 16.5. The summed E-state index contributed by atoms with van der Waals surface area (Å²) in [6.07, 6.45) is 0. The molecule has 0 aliphatic rings. The number of carboxylic acids is 1. The second-order valence-electron chi connectivity index (χ2n) is 5.86. The van der Waals surface area contributed by atoms with Gasteiger partial charge in [0.1, 0.15) is 12.4 Å². The minimum Gasteiger partial charge on any atom is -0.484 e. The van der Waals surface area contributed by atoms with Crippen LogP contribution in [0.3, 0.4) is 0 Å². The van der Waals surface area contributed by atoms with Gasteiger partial charge < -0.3 is 19.9 Å². The van der Waals surface area contributed by atoms with Crippen molar-refractivity contribution < 1.29 is 24.2 Å². The lowest BCUT2D eigenvalue weighted by molar-refractivity contribution is -0.142. The Morgan fingerprint density at radius 2 is 1.77 bits per heavy atom. The number of benzene rings is 1. The van der Waals surface area contributed by atoms with Crippen LogP contribution in [0.4, 0.5) is 0 Å². The molecule has 6 heteroatoms. The molecule has 122 valence electrons. The third-order valence-electron chi connectivity index (χ3n) is 2.88. The topological polar surface area (TPSA) is 84.9 Å². The molecule has 1 amide bonds. The molecule has 0 bridgehead atoms. The molecule has 0 saturated carbocycles. The average Bonchev–Trinajstić information content (AvgIpc) is 2.44. The van der Waals surface area contributed by atoms with Crippen LogP contribution in [0.1, 0.15) is 26.3 Å². The maximum atomic E-state index is 11.5. The number of rotatable bonds is 8. The number of amides is 1. The van der Waals surface area contributed by atoms with Crippen molar-refractivity contribution in [1.82, 2.24) is 5.32 Å². The van der Waals surface area contributed by atoms with Gasteiger partial charge in [-0.15, -0.1) is 0 Å². The number of hydrogen-bond donors (Lipinski definition) is 2. The van der Waals surface area contributed by atoms with Crippen molar-refractivity contribution in [3.63, 3.8) is 0 Å². The zero-order chi connectivity index (χ0) is 16.6. The monoisotopic (exact) mass is 309 g/mol. The summed E-state index contributed by atoms with van der Waals surface area (Å²) in [5.74, 6) is -0.683. The first-order valence-electron chi connectivity index (χ1n) is 7.08. The summed E-state index contributed by atoms with van der Waals surface area (Å²) in [6.45, 7) is 6.32. The van der Waals surface area contributed by atoms with Crippen LogP contribution >= 0.6 is 0 Å². The molecule has 0 unspecified atom stereocenters. The van der Waals surface area contributed by atoms with Crippen LogP contribution in [-0.4, -0.2) is 43.3 Å². The van der Waals surface area contributed by atoms with Gasteiger partial charge in [0.15, 0.2) is 6.61 Å². The molecule has 0 radical (unpaired) electrons. The Hall–Kier alpha value is -2.08. The molecule has 0 aromatic heterocycles. The summed E-state index contributed by atoms with van der Waals surface area (Å²) in [5, 5.41) is 11.0. The zero-order valence-electron chi connectivity index (χ0n) is 13.2. The van der Waals surface area contributed by atoms with E-state index in [4.69, 9.17) is 14.6 Å². The normalized spacial score (nSPS) is 11.0. The Balaban J connectivity index is 2.25. The van der Waals surface area contributed by atoms with Crippen molar-refractivity contribution in [1.29, 1.82) is 0 Å². The summed E-state index contributed by atoms with van der Waals surface area (Å²) in [6, 6.07) is 7.63. The number of carbonyl (C=O) groups is 2. The van der Waals surface area contributed by atoms with E-state index in [-0.39, 0.29) is 37.7 Å². The van der Waals surface area contributed by atoms with Gasteiger partial charge in [-0.25, -0.2) is 4.79 Å². The lowest BCUT2D eigenvalue weighted by atomic mass is 9.87. The first-order chi connectivity index (χ1) is 10.3. The standard InChI is InChI=1S/C16H23NO5/c1-16(2,3)12-4-6-13(7-5-12)22-10-14(18)17-8-9-21-11-15(19)20/h4-7H,8-11H2,1-3H3,(H,17,18)(H,19,20). The molecular weight excluding hydrogens is 286 g/mol. The second-order valence-corrected chi connectivity index (χ2v) is 5.86. The quantitative estimate of drug-likeness (QED) is 0.712. The van der Waals surface area contributed by atoms with Gasteiger partial charge in [-0.2, -0.15) is 0 Å². The largest absolute Gasteiger partial charge is 0.484 e. The molecule has 0 heterocycles. The van der Waals surface area contributed by atoms with Gasteiger partial charge in [0.2, 0.25) is 0 Å². The molecular formula is C16H23NO5. The Kier molecular flexibility index (Phi) is 6.85. The molecule has 1 aromatic rings. The summed E-state index contributed by atoms with van der Waals surface area (Å²) in [5.41, 5.74) is 1.27. The minimum absolute atomic E-state index is 0.0753. The van der Waals surface area contributed by atoms with Gasteiger partial charge in [-0.1, -0.05) is 32.9 Å². The fraction of sp³-hybridized carbons (Fsp3) is 0.500.